The van der Waals surface area contributed by atoms with Crippen LogP contribution in [-0.4, -0.2) is 0 Å². The molecule has 0 heteroatoms. The standard InChI is InChI=1S/C41H68/c1-2-13-29(14-3-1)34-25-24-33(27-39(34)30-15-5-6-16-30)41-37-20-10-8-18-35(37)40(36-19-9-11-21-38(36)41)32-23-22-28-12-4-7-17-31(28)26-32/h28-41H,1-27H2. The molecule has 0 aliphatic heterocycles. The fourth-order valence-corrected chi connectivity index (χ4v) is 15.3. The van der Waals surface area contributed by atoms with E-state index < -0.39 is 0 Å². The Morgan fingerprint density at radius 3 is 1.17 bits per heavy atom. The minimum atomic E-state index is 1.12. The molecule has 0 aromatic carbocycles. The lowest BCUT2D eigenvalue weighted by Gasteiger charge is -2.61. The lowest BCUT2D eigenvalue weighted by Crippen LogP contribution is -2.54. The van der Waals surface area contributed by atoms with Crippen molar-refractivity contribution in [3.63, 3.8) is 0 Å². The van der Waals surface area contributed by atoms with Gasteiger partial charge in [-0.25, -0.2) is 0 Å². The van der Waals surface area contributed by atoms with E-state index in [0.29, 0.717) is 0 Å². The molecule has 0 heterocycles. The third-order valence-corrected chi connectivity index (χ3v) is 16.7. The predicted octanol–water partition coefficient (Wildman–Crippen LogP) is 12.3. The Morgan fingerprint density at radius 1 is 0.195 bits per heavy atom. The summed E-state index contributed by atoms with van der Waals surface area (Å²) in [5, 5.41) is 0. The highest BCUT2D eigenvalue weighted by Crippen LogP contribution is 2.64. The second-order valence-electron chi connectivity index (χ2n) is 18.1. The van der Waals surface area contributed by atoms with Crippen LogP contribution in [0.3, 0.4) is 0 Å². The van der Waals surface area contributed by atoms with Crippen molar-refractivity contribution < 1.29 is 0 Å². The van der Waals surface area contributed by atoms with Crippen molar-refractivity contribution >= 4 is 0 Å². The first-order valence-corrected chi connectivity index (χ1v) is 20.3. The fraction of sp³-hybridized carbons (Fsp3) is 1.00. The van der Waals surface area contributed by atoms with E-state index in [1.807, 2.05) is 0 Å². The Morgan fingerprint density at radius 2 is 0.585 bits per heavy atom. The van der Waals surface area contributed by atoms with Gasteiger partial charge in [-0.1, -0.05) is 109 Å². The molecule has 8 rings (SSSR count). The molecule has 10 unspecified atom stereocenters. The van der Waals surface area contributed by atoms with Crippen LogP contribution < -0.4 is 0 Å². The fourth-order valence-electron chi connectivity index (χ4n) is 15.3. The summed E-state index contributed by atoms with van der Waals surface area (Å²) < 4.78 is 0. The topological polar surface area (TPSA) is 0 Å². The maximum absolute atomic E-state index is 1.70. The highest BCUT2D eigenvalue weighted by atomic mass is 14.6. The van der Waals surface area contributed by atoms with Crippen molar-refractivity contribution in [1.29, 1.82) is 0 Å². The zero-order chi connectivity index (χ0) is 27.2. The van der Waals surface area contributed by atoms with Crippen LogP contribution in [0.5, 0.6) is 0 Å². The lowest BCUT2D eigenvalue weighted by atomic mass is 9.44. The summed E-state index contributed by atoms with van der Waals surface area (Å²) in [5.74, 6) is 15.8. The maximum Gasteiger partial charge on any atom is -0.0323 e. The molecule has 0 saturated heterocycles. The first-order valence-electron chi connectivity index (χ1n) is 20.3. The van der Waals surface area contributed by atoms with Gasteiger partial charge in [0.05, 0.1) is 0 Å². The molecule has 0 nitrogen and oxygen atoms in total. The van der Waals surface area contributed by atoms with E-state index in [0.717, 1.165) is 82.9 Å². The van der Waals surface area contributed by atoms with E-state index in [2.05, 4.69) is 0 Å². The van der Waals surface area contributed by atoms with Crippen LogP contribution in [0.4, 0.5) is 0 Å². The largest absolute Gasteiger partial charge is 0.0533 e. The molecule has 0 N–H and O–H groups in total. The van der Waals surface area contributed by atoms with E-state index in [-0.39, 0.29) is 0 Å². The minimum absolute atomic E-state index is 1.12. The van der Waals surface area contributed by atoms with Gasteiger partial charge in [0, 0.05) is 0 Å². The van der Waals surface area contributed by atoms with Crippen LogP contribution in [0.15, 0.2) is 0 Å². The summed E-state index contributed by atoms with van der Waals surface area (Å²) in [6.45, 7) is 0. The SMILES string of the molecule is C1CCC(C2CCC(C3C4CCCCC4C(C4CCC5CCCCC5C4)C4CCCCC43)CC2C2CCCC2)CC1. The van der Waals surface area contributed by atoms with Crippen LogP contribution >= 0.6 is 0 Å². The van der Waals surface area contributed by atoms with Crippen LogP contribution in [0.2, 0.25) is 0 Å². The number of hydrogen-bond acceptors (Lipinski definition) is 0. The quantitative estimate of drug-likeness (QED) is 0.321. The van der Waals surface area contributed by atoms with E-state index in [1.165, 1.54) is 6.42 Å². The third-order valence-electron chi connectivity index (χ3n) is 16.7. The number of hydrogen-bond donors (Lipinski definition) is 0. The first kappa shape index (κ1) is 28.5. The maximum atomic E-state index is 1.70. The van der Waals surface area contributed by atoms with Gasteiger partial charge in [-0.15, -0.1) is 0 Å². The minimum Gasteiger partial charge on any atom is -0.0533 e. The molecule has 8 saturated carbocycles. The zero-order valence-electron chi connectivity index (χ0n) is 27.2. The zero-order valence-corrected chi connectivity index (χ0v) is 27.2. The van der Waals surface area contributed by atoms with Crippen molar-refractivity contribution in [2.75, 3.05) is 0 Å². The molecule has 8 fully saturated rings. The lowest BCUT2D eigenvalue weighted by molar-refractivity contribution is -0.125. The highest BCUT2D eigenvalue weighted by molar-refractivity contribution is 5.05. The Balaban J connectivity index is 1.06. The average molecular weight is 561 g/mol. The van der Waals surface area contributed by atoms with E-state index >= 15 is 0 Å². The Hall–Kier alpha value is 0. The molecule has 0 aromatic rings. The summed E-state index contributed by atoms with van der Waals surface area (Å²) >= 11 is 0. The molecule has 0 amide bonds. The average Bonchev–Trinajstić information content (AvgIpc) is 3.59. The molecule has 41 heavy (non-hydrogen) atoms. The third kappa shape index (κ3) is 5.55. The van der Waals surface area contributed by atoms with Gasteiger partial charge in [0.15, 0.2) is 0 Å². The van der Waals surface area contributed by atoms with Crippen LogP contribution in [0, 0.1) is 82.9 Å². The smallest absolute Gasteiger partial charge is 0.0323 e. The summed E-state index contributed by atoms with van der Waals surface area (Å²) in [6.07, 6.45) is 43.3. The second kappa shape index (κ2) is 12.8. The Labute approximate surface area is 255 Å². The molecule has 232 valence electrons. The van der Waals surface area contributed by atoms with E-state index in [9.17, 15) is 0 Å². The Bertz CT molecular complexity index is 807. The second-order valence-corrected chi connectivity index (χ2v) is 18.1. The van der Waals surface area contributed by atoms with Crippen LogP contribution in [0.1, 0.15) is 173 Å². The molecule has 0 spiro atoms. The van der Waals surface area contributed by atoms with Gasteiger partial charge < -0.3 is 0 Å². The van der Waals surface area contributed by atoms with Crippen molar-refractivity contribution in [1.82, 2.24) is 0 Å². The van der Waals surface area contributed by atoms with E-state index in [1.54, 1.807) is 167 Å². The van der Waals surface area contributed by atoms with Gasteiger partial charge in [0.25, 0.3) is 0 Å². The predicted molar refractivity (Wildman–Crippen MR) is 174 cm³/mol. The van der Waals surface area contributed by atoms with Gasteiger partial charge in [-0.2, -0.15) is 0 Å². The summed E-state index contributed by atoms with van der Waals surface area (Å²) in [6, 6.07) is 0. The van der Waals surface area contributed by atoms with Gasteiger partial charge >= 0.3 is 0 Å². The van der Waals surface area contributed by atoms with Gasteiger partial charge in [0.1, 0.15) is 0 Å². The normalized spacial score (nSPS) is 50.0. The summed E-state index contributed by atoms with van der Waals surface area (Å²) in [5.41, 5.74) is 0. The molecule has 0 radical (unpaired) electrons. The monoisotopic (exact) mass is 561 g/mol. The van der Waals surface area contributed by atoms with Crippen LogP contribution in [0.25, 0.3) is 0 Å². The molecule has 8 aliphatic rings. The molecule has 8 aliphatic carbocycles. The summed E-state index contributed by atoms with van der Waals surface area (Å²) in [4.78, 5) is 0. The first-order chi connectivity index (χ1) is 20.3. The molecule has 0 bridgehead atoms. The van der Waals surface area contributed by atoms with Crippen LogP contribution in [-0.2, 0) is 0 Å². The highest BCUT2D eigenvalue weighted by Gasteiger charge is 2.56. The molecular formula is C41H68. The Kier molecular flexibility index (Phi) is 8.87. The van der Waals surface area contributed by atoms with Gasteiger partial charge in [0.2, 0.25) is 0 Å². The molecular weight excluding hydrogens is 492 g/mol. The number of rotatable bonds is 4. The van der Waals surface area contributed by atoms with Crippen molar-refractivity contribution in [3.05, 3.63) is 0 Å². The van der Waals surface area contributed by atoms with Gasteiger partial charge in [-0.05, 0) is 147 Å². The van der Waals surface area contributed by atoms with Crippen molar-refractivity contribution in [2.24, 2.45) is 82.9 Å². The van der Waals surface area contributed by atoms with Crippen molar-refractivity contribution in [2.45, 2.75) is 173 Å². The van der Waals surface area contributed by atoms with E-state index in [4.69, 9.17) is 0 Å². The van der Waals surface area contributed by atoms with Crippen molar-refractivity contribution in [3.8, 4) is 0 Å². The van der Waals surface area contributed by atoms with Gasteiger partial charge in [-0.3, -0.25) is 0 Å². The molecule has 0 aromatic heterocycles. The summed E-state index contributed by atoms with van der Waals surface area (Å²) in [7, 11) is 0. The molecule has 10 atom stereocenters. The number of fused-ring (bicyclic) bond motifs is 3.